The topological polar surface area (TPSA) is 87.2 Å². The van der Waals surface area contributed by atoms with Gasteiger partial charge in [0.25, 0.3) is 0 Å². The Kier molecular flexibility index (Phi) is 6.41. The summed E-state index contributed by atoms with van der Waals surface area (Å²) in [5.74, 6) is -1.12. The van der Waals surface area contributed by atoms with Crippen LogP contribution in [0.4, 0.5) is 16.0 Å². The highest BCUT2D eigenvalue weighted by Crippen LogP contribution is 2.21. The summed E-state index contributed by atoms with van der Waals surface area (Å²) in [7, 11) is 0. The molecule has 1 saturated heterocycles. The molecule has 2 amide bonds. The number of piperidine rings is 1. The van der Waals surface area contributed by atoms with Crippen molar-refractivity contribution in [2.45, 2.75) is 19.8 Å². The van der Waals surface area contributed by atoms with E-state index in [1.165, 1.54) is 0 Å². The molecule has 148 valence electrons. The Bertz CT molecular complexity index is 854. The van der Waals surface area contributed by atoms with Crippen molar-refractivity contribution in [1.82, 2.24) is 15.3 Å². The average Bonchev–Trinajstić information content (AvgIpc) is 2.70. The van der Waals surface area contributed by atoms with Crippen LogP contribution in [0.5, 0.6) is 0 Å². The smallest absolute Gasteiger partial charge is 0.313 e. The van der Waals surface area contributed by atoms with E-state index in [-0.39, 0.29) is 5.92 Å². The van der Waals surface area contributed by atoms with E-state index in [0.29, 0.717) is 36.3 Å². The standard InChI is InChI=1S/C19H21ClFN5O2/c1-12-2-3-15(8-16(12)20)25-18(28)17(27)22-9-13-4-6-26(7-5-13)19-23-10-14(21)11-24-19/h2-3,8,10-11,13H,4-7,9H2,1H3,(H,22,27)(H,25,28). The molecule has 0 atom stereocenters. The van der Waals surface area contributed by atoms with Crippen LogP contribution in [0, 0.1) is 18.7 Å². The monoisotopic (exact) mass is 405 g/mol. The predicted molar refractivity (Wildman–Crippen MR) is 105 cm³/mol. The van der Waals surface area contributed by atoms with E-state index in [1.54, 1.807) is 18.2 Å². The van der Waals surface area contributed by atoms with Gasteiger partial charge in [-0.25, -0.2) is 14.4 Å². The Morgan fingerprint density at radius 3 is 2.54 bits per heavy atom. The minimum Gasteiger partial charge on any atom is -0.348 e. The molecule has 2 heterocycles. The molecule has 0 bridgehead atoms. The number of halogens is 2. The van der Waals surface area contributed by atoms with E-state index in [1.807, 2.05) is 11.8 Å². The van der Waals surface area contributed by atoms with E-state index >= 15 is 0 Å². The zero-order valence-corrected chi connectivity index (χ0v) is 16.2. The lowest BCUT2D eigenvalue weighted by molar-refractivity contribution is -0.136. The molecule has 1 aliphatic rings. The van der Waals surface area contributed by atoms with Gasteiger partial charge in [0.1, 0.15) is 0 Å². The lowest BCUT2D eigenvalue weighted by Gasteiger charge is -2.31. The van der Waals surface area contributed by atoms with Gasteiger partial charge in [-0.05, 0) is 43.4 Å². The number of nitrogens with zero attached hydrogens (tertiary/aromatic N) is 3. The SMILES string of the molecule is Cc1ccc(NC(=O)C(=O)NCC2CCN(c3ncc(F)cn3)CC2)cc1Cl. The number of carbonyl (C=O) groups excluding carboxylic acids is 2. The summed E-state index contributed by atoms with van der Waals surface area (Å²) in [4.78, 5) is 34.0. The van der Waals surface area contributed by atoms with Crippen molar-refractivity contribution in [2.75, 3.05) is 29.9 Å². The number of amides is 2. The van der Waals surface area contributed by atoms with Crippen molar-refractivity contribution in [3.05, 3.63) is 47.0 Å². The Hall–Kier alpha value is -2.74. The van der Waals surface area contributed by atoms with Gasteiger partial charge in [-0.3, -0.25) is 9.59 Å². The first-order valence-electron chi connectivity index (χ1n) is 9.00. The third-order valence-electron chi connectivity index (χ3n) is 4.69. The summed E-state index contributed by atoms with van der Waals surface area (Å²) in [5, 5.41) is 5.74. The van der Waals surface area contributed by atoms with Crippen molar-refractivity contribution in [2.24, 2.45) is 5.92 Å². The summed E-state index contributed by atoms with van der Waals surface area (Å²) < 4.78 is 12.9. The van der Waals surface area contributed by atoms with Crippen LogP contribution in [0.1, 0.15) is 18.4 Å². The summed E-state index contributed by atoms with van der Waals surface area (Å²) in [6.07, 6.45) is 3.93. The lowest BCUT2D eigenvalue weighted by atomic mass is 9.97. The van der Waals surface area contributed by atoms with E-state index < -0.39 is 17.6 Å². The first kappa shape index (κ1) is 20.0. The molecular weight excluding hydrogens is 385 g/mol. The first-order valence-corrected chi connectivity index (χ1v) is 9.38. The molecule has 28 heavy (non-hydrogen) atoms. The minimum atomic E-state index is -0.725. The number of anilines is 2. The minimum absolute atomic E-state index is 0.252. The van der Waals surface area contributed by atoms with Gasteiger partial charge in [0.15, 0.2) is 5.82 Å². The second-order valence-electron chi connectivity index (χ2n) is 6.76. The van der Waals surface area contributed by atoms with Crippen molar-refractivity contribution in [1.29, 1.82) is 0 Å². The molecule has 1 aromatic heterocycles. The molecule has 0 radical (unpaired) electrons. The third-order valence-corrected chi connectivity index (χ3v) is 5.10. The molecule has 9 heteroatoms. The van der Waals surface area contributed by atoms with Crippen LogP contribution < -0.4 is 15.5 Å². The number of carbonyl (C=O) groups is 2. The van der Waals surface area contributed by atoms with Gasteiger partial charge in [-0.1, -0.05) is 17.7 Å². The van der Waals surface area contributed by atoms with Crippen molar-refractivity contribution in [3.63, 3.8) is 0 Å². The number of nitrogens with one attached hydrogen (secondary N) is 2. The van der Waals surface area contributed by atoms with E-state index in [2.05, 4.69) is 20.6 Å². The zero-order valence-electron chi connectivity index (χ0n) is 15.4. The Morgan fingerprint density at radius 1 is 1.21 bits per heavy atom. The molecule has 2 aromatic rings. The second-order valence-corrected chi connectivity index (χ2v) is 7.17. The van der Waals surface area contributed by atoms with Gasteiger partial charge in [0.2, 0.25) is 5.95 Å². The highest BCUT2D eigenvalue weighted by Gasteiger charge is 2.22. The Balaban J connectivity index is 1.43. The molecule has 0 saturated carbocycles. The molecule has 0 aliphatic carbocycles. The maximum Gasteiger partial charge on any atom is 0.313 e. The molecule has 1 aromatic carbocycles. The molecule has 3 rings (SSSR count). The van der Waals surface area contributed by atoms with Crippen molar-refractivity contribution >= 4 is 35.1 Å². The molecule has 0 unspecified atom stereocenters. The molecule has 7 nitrogen and oxygen atoms in total. The first-order chi connectivity index (χ1) is 13.4. The summed E-state index contributed by atoms with van der Waals surface area (Å²) >= 11 is 6.02. The van der Waals surface area contributed by atoms with Crippen LogP contribution in [0.3, 0.4) is 0 Å². The van der Waals surface area contributed by atoms with Crippen LogP contribution in [0.25, 0.3) is 0 Å². The third kappa shape index (κ3) is 5.16. The summed E-state index contributed by atoms with van der Waals surface area (Å²) in [6, 6.07) is 5.07. The van der Waals surface area contributed by atoms with Gasteiger partial charge in [-0.15, -0.1) is 0 Å². The molecular formula is C19H21ClFN5O2. The van der Waals surface area contributed by atoms with Gasteiger partial charge in [-0.2, -0.15) is 0 Å². The average molecular weight is 406 g/mol. The molecule has 0 spiro atoms. The van der Waals surface area contributed by atoms with Crippen molar-refractivity contribution in [3.8, 4) is 0 Å². The largest absolute Gasteiger partial charge is 0.348 e. The summed E-state index contributed by atoms with van der Waals surface area (Å²) in [6.45, 7) is 3.69. The van der Waals surface area contributed by atoms with Gasteiger partial charge >= 0.3 is 11.8 Å². The zero-order chi connectivity index (χ0) is 20.1. The molecule has 2 N–H and O–H groups in total. The second kappa shape index (κ2) is 8.97. The highest BCUT2D eigenvalue weighted by molar-refractivity contribution is 6.39. The number of aryl methyl sites for hydroxylation is 1. The fraction of sp³-hybridized carbons (Fsp3) is 0.368. The number of aromatic nitrogens is 2. The van der Waals surface area contributed by atoms with Crippen LogP contribution in [-0.2, 0) is 9.59 Å². The predicted octanol–water partition coefficient (Wildman–Crippen LogP) is 2.55. The fourth-order valence-corrected chi connectivity index (χ4v) is 3.16. The maximum absolute atomic E-state index is 12.9. The number of benzene rings is 1. The van der Waals surface area contributed by atoms with Gasteiger partial charge in [0.05, 0.1) is 12.4 Å². The number of rotatable bonds is 4. The fourth-order valence-electron chi connectivity index (χ4n) is 2.98. The van der Waals surface area contributed by atoms with Crippen LogP contribution in [-0.4, -0.2) is 41.4 Å². The summed E-state index contributed by atoms with van der Waals surface area (Å²) in [5.41, 5.74) is 1.37. The quantitative estimate of drug-likeness (QED) is 0.763. The molecule has 1 fully saturated rings. The van der Waals surface area contributed by atoms with Crippen LogP contribution in [0.15, 0.2) is 30.6 Å². The van der Waals surface area contributed by atoms with Crippen LogP contribution >= 0.6 is 11.6 Å². The van der Waals surface area contributed by atoms with Gasteiger partial charge < -0.3 is 15.5 Å². The lowest BCUT2D eigenvalue weighted by Crippen LogP contribution is -2.42. The number of hydrogen-bond acceptors (Lipinski definition) is 5. The maximum atomic E-state index is 12.9. The van der Waals surface area contributed by atoms with Crippen molar-refractivity contribution < 1.29 is 14.0 Å². The normalized spacial score (nSPS) is 14.6. The highest BCUT2D eigenvalue weighted by atomic mass is 35.5. The Labute approximate surface area is 167 Å². The number of hydrogen-bond donors (Lipinski definition) is 2. The van der Waals surface area contributed by atoms with E-state index in [4.69, 9.17) is 11.6 Å². The van der Waals surface area contributed by atoms with Gasteiger partial charge in [0, 0.05) is 30.3 Å². The van der Waals surface area contributed by atoms with E-state index in [0.717, 1.165) is 30.8 Å². The molecule has 1 aliphatic heterocycles. The Morgan fingerprint density at radius 2 is 1.89 bits per heavy atom. The van der Waals surface area contributed by atoms with E-state index in [9.17, 15) is 14.0 Å². The van der Waals surface area contributed by atoms with Crippen LogP contribution in [0.2, 0.25) is 5.02 Å².